The molecule has 1 spiro atoms. The molecule has 0 saturated carbocycles. The minimum Gasteiger partial charge on any atom is -0.445 e. The Labute approximate surface area is 134 Å². The molecule has 122 valence electrons. The molecular weight excluding hydrogens is 296 g/mol. The highest BCUT2D eigenvalue weighted by molar-refractivity contribution is 5.67. The van der Waals surface area contributed by atoms with Crippen molar-refractivity contribution in [1.29, 1.82) is 0 Å². The van der Waals surface area contributed by atoms with Crippen molar-refractivity contribution < 1.29 is 14.3 Å². The van der Waals surface area contributed by atoms with Crippen molar-refractivity contribution in [3.63, 3.8) is 0 Å². The van der Waals surface area contributed by atoms with Gasteiger partial charge in [-0.05, 0) is 30.4 Å². The first-order chi connectivity index (χ1) is 11.2. The van der Waals surface area contributed by atoms with Crippen molar-refractivity contribution in [2.24, 2.45) is 5.11 Å². The van der Waals surface area contributed by atoms with Crippen molar-refractivity contribution in [3.05, 3.63) is 46.3 Å². The molecule has 0 N–H and O–H groups in total. The third kappa shape index (κ3) is 3.75. The number of rotatable bonds is 3. The molecule has 1 aromatic carbocycles. The first-order valence-electron chi connectivity index (χ1n) is 7.85. The third-order valence-electron chi connectivity index (χ3n) is 4.54. The average molecular weight is 316 g/mol. The number of likely N-dealkylation sites (tertiary alicyclic amines) is 1. The summed E-state index contributed by atoms with van der Waals surface area (Å²) in [6.45, 7) is 1.98. The van der Waals surface area contributed by atoms with Crippen molar-refractivity contribution in [3.8, 4) is 0 Å². The van der Waals surface area contributed by atoms with E-state index in [9.17, 15) is 4.79 Å². The Balaban J connectivity index is 1.47. The molecule has 7 nitrogen and oxygen atoms in total. The summed E-state index contributed by atoms with van der Waals surface area (Å²) < 4.78 is 11.2. The highest BCUT2D eigenvalue weighted by atomic mass is 16.6. The Morgan fingerprint density at radius 1 is 1.39 bits per heavy atom. The van der Waals surface area contributed by atoms with Crippen molar-refractivity contribution in [1.82, 2.24) is 4.90 Å². The number of amides is 1. The van der Waals surface area contributed by atoms with Crippen LogP contribution in [0.5, 0.6) is 0 Å². The van der Waals surface area contributed by atoms with Gasteiger partial charge >= 0.3 is 6.09 Å². The maximum absolute atomic E-state index is 12.1. The largest absolute Gasteiger partial charge is 0.445 e. The number of nitrogens with zero attached hydrogens (tertiary/aromatic N) is 4. The zero-order valence-electron chi connectivity index (χ0n) is 12.9. The van der Waals surface area contributed by atoms with Crippen LogP contribution in [0, 0.1) is 0 Å². The van der Waals surface area contributed by atoms with E-state index in [1.165, 1.54) is 0 Å². The molecule has 0 aliphatic carbocycles. The number of ether oxygens (including phenoxy) is 2. The Hall–Kier alpha value is -2.24. The van der Waals surface area contributed by atoms with Crippen LogP contribution < -0.4 is 0 Å². The molecule has 2 aliphatic rings. The second-order valence-electron chi connectivity index (χ2n) is 6.08. The molecule has 2 saturated heterocycles. The number of azide groups is 1. The minimum atomic E-state index is -0.284. The van der Waals surface area contributed by atoms with E-state index in [1.54, 1.807) is 4.90 Å². The molecule has 1 aromatic rings. The van der Waals surface area contributed by atoms with Crippen LogP contribution in [0.3, 0.4) is 0 Å². The fraction of sp³-hybridized carbons (Fsp3) is 0.562. The van der Waals surface area contributed by atoms with Gasteiger partial charge in [0.25, 0.3) is 0 Å². The van der Waals surface area contributed by atoms with Crippen molar-refractivity contribution in [2.45, 2.75) is 37.5 Å². The van der Waals surface area contributed by atoms with Crippen LogP contribution in [0.1, 0.15) is 24.8 Å². The molecular formula is C16H20N4O3. The lowest BCUT2D eigenvalue weighted by atomic mass is 9.88. The van der Waals surface area contributed by atoms with Gasteiger partial charge in [-0.2, -0.15) is 0 Å². The normalized spacial score (nSPS) is 22.6. The average Bonchev–Trinajstić information content (AvgIpc) is 2.97. The van der Waals surface area contributed by atoms with Crippen LogP contribution in [0.2, 0.25) is 0 Å². The monoisotopic (exact) mass is 316 g/mol. The Kier molecular flexibility index (Phi) is 4.69. The van der Waals surface area contributed by atoms with E-state index in [2.05, 4.69) is 10.0 Å². The third-order valence-corrected chi connectivity index (χ3v) is 4.54. The van der Waals surface area contributed by atoms with E-state index < -0.39 is 0 Å². The first-order valence-corrected chi connectivity index (χ1v) is 7.85. The van der Waals surface area contributed by atoms with Gasteiger partial charge in [0.05, 0.1) is 18.2 Å². The molecule has 7 heteroatoms. The van der Waals surface area contributed by atoms with Gasteiger partial charge in [-0.3, -0.25) is 0 Å². The Morgan fingerprint density at radius 3 is 2.83 bits per heavy atom. The number of piperidine rings is 1. The van der Waals surface area contributed by atoms with Crippen molar-refractivity contribution >= 4 is 6.09 Å². The molecule has 23 heavy (non-hydrogen) atoms. The van der Waals surface area contributed by atoms with E-state index >= 15 is 0 Å². The van der Waals surface area contributed by atoms with Crippen LogP contribution in [-0.2, 0) is 16.1 Å². The standard InChI is InChI=1S/C16H20N4O3/c17-19-18-14-10-16(23-12-14)6-8-20(9-7-16)15(21)22-11-13-4-2-1-3-5-13/h1-5,14H,6-12H2. The molecule has 1 atom stereocenters. The van der Waals surface area contributed by atoms with Gasteiger partial charge in [0.1, 0.15) is 6.61 Å². The molecule has 2 heterocycles. The number of carbonyl (C=O) groups excluding carboxylic acids is 1. The summed E-state index contributed by atoms with van der Waals surface area (Å²) in [7, 11) is 0. The summed E-state index contributed by atoms with van der Waals surface area (Å²) >= 11 is 0. The van der Waals surface area contributed by atoms with Crippen LogP contribution in [0.4, 0.5) is 4.79 Å². The summed E-state index contributed by atoms with van der Waals surface area (Å²) in [6, 6.07) is 9.55. The summed E-state index contributed by atoms with van der Waals surface area (Å²) in [5.74, 6) is 0. The lowest BCUT2D eigenvalue weighted by Gasteiger charge is -2.38. The second kappa shape index (κ2) is 6.89. The van der Waals surface area contributed by atoms with E-state index in [4.69, 9.17) is 15.0 Å². The molecule has 2 aliphatic heterocycles. The SMILES string of the molecule is [N-]=[N+]=NC1COC2(CCN(C(=O)OCc3ccccc3)CC2)C1. The number of benzene rings is 1. The first kappa shape index (κ1) is 15.6. The van der Waals surface area contributed by atoms with Crippen LogP contribution in [0.15, 0.2) is 35.4 Å². The molecule has 3 rings (SSSR count). The molecule has 1 unspecified atom stereocenters. The maximum atomic E-state index is 12.1. The molecule has 0 aromatic heterocycles. The van der Waals surface area contributed by atoms with E-state index in [0.29, 0.717) is 19.7 Å². The van der Waals surface area contributed by atoms with E-state index in [-0.39, 0.29) is 24.3 Å². The summed E-state index contributed by atoms with van der Waals surface area (Å²) in [5.41, 5.74) is 9.25. The fourth-order valence-electron chi connectivity index (χ4n) is 3.22. The topological polar surface area (TPSA) is 87.5 Å². The number of hydrogen-bond donors (Lipinski definition) is 0. The Morgan fingerprint density at radius 2 is 2.13 bits per heavy atom. The minimum absolute atomic E-state index is 0.0865. The fourth-order valence-corrected chi connectivity index (χ4v) is 3.22. The van der Waals surface area contributed by atoms with Gasteiger partial charge in [-0.25, -0.2) is 4.79 Å². The lowest BCUT2D eigenvalue weighted by molar-refractivity contribution is -0.0421. The van der Waals surface area contributed by atoms with Crippen LogP contribution >= 0.6 is 0 Å². The quantitative estimate of drug-likeness (QED) is 0.487. The van der Waals surface area contributed by atoms with Crippen LogP contribution in [-0.4, -0.2) is 42.3 Å². The zero-order valence-corrected chi connectivity index (χ0v) is 12.9. The van der Waals surface area contributed by atoms with E-state index in [1.807, 2.05) is 30.3 Å². The van der Waals surface area contributed by atoms with Gasteiger partial charge in [0.15, 0.2) is 0 Å². The molecule has 2 fully saturated rings. The smallest absolute Gasteiger partial charge is 0.410 e. The number of carbonyl (C=O) groups is 1. The maximum Gasteiger partial charge on any atom is 0.410 e. The van der Waals surface area contributed by atoms with Gasteiger partial charge in [0.2, 0.25) is 0 Å². The predicted molar refractivity (Wildman–Crippen MR) is 83.7 cm³/mol. The molecule has 1 amide bonds. The van der Waals surface area contributed by atoms with E-state index in [0.717, 1.165) is 24.8 Å². The molecule has 0 radical (unpaired) electrons. The number of hydrogen-bond acceptors (Lipinski definition) is 4. The lowest BCUT2D eigenvalue weighted by Crippen LogP contribution is -2.46. The van der Waals surface area contributed by atoms with Gasteiger partial charge in [-0.1, -0.05) is 35.4 Å². The summed E-state index contributed by atoms with van der Waals surface area (Å²) in [6.07, 6.45) is 1.97. The van der Waals surface area contributed by atoms with Crippen molar-refractivity contribution in [2.75, 3.05) is 19.7 Å². The van der Waals surface area contributed by atoms with Crippen LogP contribution in [0.25, 0.3) is 10.4 Å². The predicted octanol–water partition coefficient (Wildman–Crippen LogP) is 3.26. The highest BCUT2D eigenvalue weighted by Crippen LogP contribution is 2.37. The highest BCUT2D eigenvalue weighted by Gasteiger charge is 2.43. The zero-order chi connectivity index (χ0) is 16.1. The van der Waals surface area contributed by atoms with Gasteiger partial charge < -0.3 is 14.4 Å². The van der Waals surface area contributed by atoms with Gasteiger partial charge in [0, 0.05) is 18.0 Å². The summed E-state index contributed by atoms with van der Waals surface area (Å²) in [5, 5.41) is 3.74. The Bertz CT molecular complexity index is 593. The van der Waals surface area contributed by atoms with Gasteiger partial charge in [-0.15, -0.1) is 0 Å². The molecule has 0 bridgehead atoms. The second-order valence-corrected chi connectivity index (χ2v) is 6.08. The summed E-state index contributed by atoms with van der Waals surface area (Å²) in [4.78, 5) is 16.7.